The standard InChI is InChI=1S/C16H31NO2/c1-5-6-7-8-9-12-17-13-10-11-14(17)15(18)19-16(2,3)4/h14H,5-13H2,1-4H3/t14-/m1/s1. The highest BCUT2D eigenvalue weighted by Gasteiger charge is 2.33. The van der Waals surface area contributed by atoms with E-state index in [4.69, 9.17) is 4.74 Å². The topological polar surface area (TPSA) is 29.5 Å². The monoisotopic (exact) mass is 269 g/mol. The average Bonchev–Trinajstić information content (AvgIpc) is 2.75. The highest BCUT2D eigenvalue weighted by Crippen LogP contribution is 2.21. The number of carbonyl (C=O) groups excluding carboxylic acids is 1. The predicted octanol–water partition coefficient (Wildman–Crippen LogP) is 3.76. The first-order valence-electron chi connectivity index (χ1n) is 7.91. The van der Waals surface area contributed by atoms with E-state index >= 15 is 0 Å². The molecule has 0 spiro atoms. The molecule has 1 heterocycles. The molecule has 1 aliphatic heterocycles. The van der Waals surface area contributed by atoms with Gasteiger partial charge in [-0.2, -0.15) is 0 Å². The van der Waals surface area contributed by atoms with Crippen LogP contribution >= 0.6 is 0 Å². The smallest absolute Gasteiger partial charge is 0.323 e. The van der Waals surface area contributed by atoms with Gasteiger partial charge in [0.1, 0.15) is 11.6 Å². The van der Waals surface area contributed by atoms with E-state index in [9.17, 15) is 4.79 Å². The number of hydrogen-bond acceptors (Lipinski definition) is 3. The van der Waals surface area contributed by atoms with Crippen LogP contribution in [-0.4, -0.2) is 35.6 Å². The van der Waals surface area contributed by atoms with Crippen molar-refractivity contribution in [3.63, 3.8) is 0 Å². The van der Waals surface area contributed by atoms with Gasteiger partial charge in [-0.25, -0.2) is 0 Å². The summed E-state index contributed by atoms with van der Waals surface area (Å²) in [4.78, 5) is 14.5. The minimum Gasteiger partial charge on any atom is -0.459 e. The Morgan fingerprint density at radius 3 is 2.53 bits per heavy atom. The van der Waals surface area contributed by atoms with Gasteiger partial charge in [-0.3, -0.25) is 9.69 Å². The first-order chi connectivity index (χ1) is 8.94. The third-order valence-electron chi connectivity index (χ3n) is 3.59. The lowest BCUT2D eigenvalue weighted by molar-refractivity contribution is -0.160. The highest BCUT2D eigenvalue weighted by molar-refractivity contribution is 5.76. The molecule has 1 aliphatic rings. The van der Waals surface area contributed by atoms with Crippen molar-refractivity contribution >= 4 is 5.97 Å². The molecule has 0 aromatic carbocycles. The molecule has 0 N–H and O–H groups in total. The van der Waals surface area contributed by atoms with Crippen molar-refractivity contribution in [3.8, 4) is 0 Å². The van der Waals surface area contributed by atoms with Crippen LogP contribution in [0.3, 0.4) is 0 Å². The fraction of sp³-hybridized carbons (Fsp3) is 0.938. The molecule has 112 valence electrons. The maximum absolute atomic E-state index is 12.1. The summed E-state index contributed by atoms with van der Waals surface area (Å²) in [5.74, 6) is -0.0291. The number of carbonyl (C=O) groups is 1. The largest absolute Gasteiger partial charge is 0.459 e. The van der Waals surface area contributed by atoms with Gasteiger partial charge in [0, 0.05) is 0 Å². The van der Waals surface area contributed by atoms with Gasteiger partial charge in [0.25, 0.3) is 0 Å². The van der Waals surface area contributed by atoms with E-state index in [0.717, 1.165) is 25.9 Å². The Labute approximate surface area is 118 Å². The zero-order chi connectivity index (χ0) is 14.3. The number of nitrogens with zero attached hydrogens (tertiary/aromatic N) is 1. The molecule has 3 nitrogen and oxygen atoms in total. The van der Waals surface area contributed by atoms with Gasteiger partial charge in [0.15, 0.2) is 0 Å². The molecule has 0 bridgehead atoms. The second kappa shape index (κ2) is 7.88. The molecule has 1 fully saturated rings. The van der Waals surface area contributed by atoms with Crippen LogP contribution in [0.5, 0.6) is 0 Å². The Morgan fingerprint density at radius 1 is 1.21 bits per heavy atom. The lowest BCUT2D eigenvalue weighted by Crippen LogP contribution is -2.40. The van der Waals surface area contributed by atoms with Crippen molar-refractivity contribution < 1.29 is 9.53 Å². The molecule has 3 heteroatoms. The first kappa shape index (κ1) is 16.5. The number of rotatable bonds is 7. The molecule has 0 unspecified atom stereocenters. The van der Waals surface area contributed by atoms with Crippen molar-refractivity contribution in [2.45, 2.75) is 84.3 Å². The van der Waals surface area contributed by atoms with Crippen LogP contribution in [0.2, 0.25) is 0 Å². The van der Waals surface area contributed by atoms with Crippen molar-refractivity contribution in [2.75, 3.05) is 13.1 Å². The Morgan fingerprint density at radius 2 is 1.89 bits per heavy atom. The Hall–Kier alpha value is -0.570. The third kappa shape index (κ3) is 6.42. The Balaban J connectivity index is 2.31. The van der Waals surface area contributed by atoms with Gasteiger partial charge >= 0.3 is 5.97 Å². The Kier molecular flexibility index (Phi) is 6.84. The molecule has 19 heavy (non-hydrogen) atoms. The van der Waals surface area contributed by atoms with Crippen LogP contribution in [0, 0.1) is 0 Å². The van der Waals surface area contributed by atoms with Gasteiger partial charge in [-0.15, -0.1) is 0 Å². The van der Waals surface area contributed by atoms with E-state index in [-0.39, 0.29) is 17.6 Å². The van der Waals surface area contributed by atoms with Crippen LogP contribution in [0.25, 0.3) is 0 Å². The van der Waals surface area contributed by atoms with E-state index in [1.54, 1.807) is 0 Å². The van der Waals surface area contributed by atoms with Crippen molar-refractivity contribution in [3.05, 3.63) is 0 Å². The van der Waals surface area contributed by atoms with E-state index < -0.39 is 0 Å². The van der Waals surface area contributed by atoms with Gasteiger partial charge < -0.3 is 4.74 Å². The van der Waals surface area contributed by atoms with Crippen LogP contribution in [-0.2, 0) is 9.53 Å². The predicted molar refractivity (Wildman–Crippen MR) is 79.2 cm³/mol. The fourth-order valence-electron chi connectivity index (χ4n) is 2.65. The maximum atomic E-state index is 12.1. The van der Waals surface area contributed by atoms with E-state index in [1.807, 2.05) is 20.8 Å². The summed E-state index contributed by atoms with van der Waals surface area (Å²) < 4.78 is 5.52. The van der Waals surface area contributed by atoms with Crippen LogP contribution in [0.15, 0.2) is 0 Å². The van der Waals surface area contributed by atoms with Crippen LogP contribution < -0.4 is 0 Å². The summed E-state index contributed by atoms with van der Waals surface area (Å²) in [5.41, 5.74) is -0.369. The lowest BCUT2D eigenvalue weighted by atomic mass is 10.1. The zero-order valence-electron chi connectivity index (χ0n) is 13.2. The quantitative estimate of drug-likeness (QED) is 0.520. The second-order valence-corrected chi connectivity index (χ2v) is 6.64. The van der Waals surface area contributed by atoms with Crippen LogP contribution in [0.1, 0.15) is 72.6 Å². The number of unbranched alkanes of at least 4 members (excludes halogenated alkanes) is 4. The van der Waals surface area contributed by atoms with E-state index in [2.05, 4.69) is 11.8 Å². The molecule has 0 aliphatic carbocycles. The summed E-state index contributed by atoms with van der Waals surface area (Å²) in [6, 6.07) is 0.00500. The SMILES string of the molecule is CCCCCCCN1CCC[C@@H]1C(=O)OC(C)(C)C. The highest BCUT2D eigenvalue weighted by atomic mass is 16.6. The molecule has 0 radical (unpaired) electrons. The lowest BCUT2D eigenvalue weighted by Gasteiger charge is -2.27. The molecule has 0 amide bonds. The summed E-state index contributed by atoms with van der Waals surface area (Å²) >= 11 is 0. The fourth-order valence-corrected chi connectivity index (χ4v) is 2.65. The summed E-state index contributed by atoms with van der Waals surface area (Å²) in [6.45, 7) is 10.2. The van der Waals surface area contributed by atoms with Crippen molar-refractivity contribution in [1.29, 1.82) is 0 Å². The second-order valence-electron chi connectivity index (χ2n) is 6.64. The zero-order valence-corrected chi connectivity index (χ0v) is 13.2. The van der Waals surface area contributed by atoms with Crippen molar-refractivity contribution in [1.82, 2.24) is 4.90 Å². The molecule has 0 aromatic rings. The van der Waals surface area contributed by atoms with Crippen LogP contribution in [0.4, 0.5) is 0 Å². The molecule has 1 atom stereocenters. The van der Waals surface area contributed by atoms with Gasteiger partial charge in [-0.05, 0) is 53.1 Å². The van der Waals surface area contributed by atoms with E-state index in [0.29, 0.717) is 0 Å². The normalized spacial score (nSPS) is 20.7. The first-order valence-corrected chi connectivity index (χ1v) is 7.91. The molecule has 0 saturated carbocycles. The molecule has 1 saturated heterocycles. The number of esters is 1. The number of hydrogen-bond donors (Lipinski definition) is 0. The summed E-state index contributed by atoms with van der Waals surface area (Å²) in [7, 11) is 0. The third-order valence-corrected chi connectivity index (χ3v) is 3.59. The maximum Gasteiger partial charge on any atom is 0.323 e. The molecule has 0 aromatic heterocycles. The Bertz CT molecular complexity index is 270. The van der Waals surface area contributed by atoms with E-state index in [1.165, 1.54) is 32.1 Å². The van der Waals surface area contributed by atoms with Gasteiger partial charge in [-0.1, -0.05) is 32.6 Å². The summed E-state index contributed by atoms with van der Waals surface area (Å²) in [5, 5.41) is 0. The van der Waals surface area contributed by atoms with Gasteiger partial charge in [0.2, 0.25) is 0 Å². The minimum absolute atomic E-state index is 0.00500. The molecular formula is C16H31NO2. The number of ether oxygens (including phenoxy) is 1. The number of likely N-dealkylation sites (tertiary alicyclic amines) is 1. The summed E-state index contributed by atoms with van der Waals surface area (Å²) in [6.07, 6.45) is 8.51. The molecule has 1 rings (SSSR count). The average molecular weight is 269 g/mol. The molecular weight excluding hydrogens is 238 g/mol. The van der Waals surface area contributed by atoms with Crippen molar-refractivity contribution in [2.24, 2.45) is 0 Å². The minimum atomic E-state index is -0.369. The van der Waals surface area contributed by atoms with Gasteiger partial charge in [0.05, 0.1) is 0 Å².